The molecule has 184 valence electrons. The molecule has 9 nitrogen and oxygen atoms in total. The summed E-state index contributed by atoms with van der Waals surface area (Å²) in [6.45, 7) is 0.171. The van der Waals surface area contributed by atoms with E-state index in [-0.39, 0.29) is 36.4 Å². The maximum Gasteiger partial charge on any atom is 0.275 e. The van der Waals surface area contributed by atoms with Crippen molar-refractivity contribution in [1.82, 2.24) is 19.9 Å². The van der Waals surface area contributed by atoms with E-state index in [4.69, 9.17) is 11.6 Å². The first-order chi connectivity index (χ1) is 18.0. The summed E-state index contributed by atoms with van der Waals surface area (Å²) in [5, 5.41) is 6.04. The zero-order valence-corrected chi connectivity index (χ0v) is 20.2. The van der Waals surface area contributed by atoms with Gasteiger partial charge in [-0.2, -0.15) is 0 Å². The number of carbonyl (C=O) groups is 3. The number of nitrogens with zero attached hydrogens (tertiary/aromatic N) is 4. The number of hydrogen-bond acceptors (Lipinski definition) is 6. The normalized spacial score (nSPS) is 14.9. The van der Waals surface area contributed by atoms with Crippen molar-refractivity contribution in [1.29, 1.82) is 0 Å². The molecule has 0 fully saturated rings. The minimum absolute atomic E-state index is 0.171. The van der Waals surface area contributed by atoms with Crippen molar-refractivity contribution >= 4 is 40.7 Å². The van der Waals surface area contributed by atoms with Crippen LogP contribution < -0.4 is 10.6 Å². The molecule has 3 amide bonds. The molecule has 4 aromatic rings. The van der Waals surface area contributed by atoms with Gasteiger partial charge >= 0.3 is 0 Å². The number of aromatic nitrogens is 3. The average Bonchev–Trinajstić information content (AvgIpc) is 3.00. The highest BCUT2D eigenvalue weighted by Crippen LogP contribution is 2.29. The van der Waals surface area contributed by atoms with Gasteiger partial charge in [0.25, 0.3) is 11.8 Å². The lowest BCUT2D eigenvalue weighted by Gasteiger charge is -2.28. The van der Waals surface area contributed by atoms with Gasteiger partial charge < -0.3 is 15.5 Å². The Balaban J connectivity index is 1.41. The summed E-state index contributed by atoms with van der Waals surface area (Å²) in [4.78, 5) is 53.1. The van der Waals surface area contributed by atoms with Gasteiger partial charge in [0.2, 0.25) is 5.91 Å². The van der Waals surface area contributed by atoms with Crippen LogP contribution in [0.15, 0.2) is 85.5 Å². The van der Waals surface area contributed by atoms with E-state index in [2.05, 4.69) is 25.6 Å². The van der Waals surface area contributed by atoms with Crippen molar-refractivity contribution in [3.63, 3.8) is 0 Å². The molecule has 0 bridgehead atoms. The van der Waals surface area contributed by atoms with Crippen LogP contribution in [0.2, 0.25) is 5.02 Å². The Morgan fingerprint density at radius 1 is 1.00 bits per heavy atom. The molecule has 5 rings (SSSR count). The van der Waals surface area contributed by atoms with Crippen molar-refractivity contribution < 1.29 is 14.4 Å². The molecular formula is C27H21ClN6O3. The molecule has 0 unspecified atom stereocenters. The number of halogens is 1. The lowest BCUT2D eigenvalue weighted by molar-refractivity contribution is -0.120. The van der Waals surface area contributed by atoms with Gasteiger partial charge in [0.1, 0.15) is 11.7 Å². The van der Waals surface area contributed by atoms with Crippen LogP contribution in [0.5, 0.6) is 0 Å². The summed E-state index contributed by atoms with van der Waals surface area (Å²) >= 11 is 6.12. The second-order valence-corrected chi connectivity index (χ2v) is 8.83. The van der Waals surface area contributed by atoms with E-state index >= 15 is 0 Å². The van der Waals surface area contributed by atoms with Gasteiger partial charge in [0.15, 0.2) is 0 Å². The highest BCUT2D eigenvalue weighted by Gasteiger charge is 2.35. The monoisotopic (exact) mass is 512 g/mol. The fraction of sp³-hybridized carbons (Fsp3) is 0.111. The predicted molar refractivity (Wildman–Crippen MR) is 138 cm³/mol. The number of anilines is 2. The van der Waals surface area contributed by atoms with Crippen molar-refractivity contribution in [3.05, 3.63) is 113 Å². The SMILES string of the molecule is O=C(Nc1ccc(CN2C(=O)c3ccc(Cl)cc3NC(=O)[C@H]2Cc2ccccn2)cc1)c1cnccn1. The quantitative estimate of drug-likeness (QED) is 0.403. The summed E-state index contributed by atoms with van der Waals surface area (Å²) in [5.41, 5.74) is 2.95. The van der Waals surface area contributed by atoms with Crippen LogP contribution in [0.1, 0.15) is 32.1 Å². The van der Waals surface area contributed by atoms with Gasteiger partial charge in [0.05, 0.1) is 17.4 Å². The van der Waals surface area contributed by atoms with Crippen LogP contribution in [0.3, 0.4) is 0 Å². The fourth-order valence-corrected chi connectivity index (χ4v) is 4.24. The molecule has 2 aromatic carbocycles. The van der Waals surface area contributed by atoms with E-state index in [1.807, 2.05) is 12.1 Å². The van der Waals surface area contributed by atoms with E-state index in [1.165, 1.54) is 23.5 Å². The Bertz CT molecular complexity index is 1450. The fourth-order valence-electron chi connectivity index (χ4n) is 4.06. The summed E-state index contributed by atoms with van der Waals surface area (Å²) in [6, 6.07) is 16.5. The smallest absolute Gasteiger partial charge is 0.275 e. The third-order valence-electron chi connectivity index (χ3n) is 5.90. The molecule has 0 spiro atoms. The van der Waals surface area contributed by atoms with E-state index in [0.29, 0.717) is 27.7 Å². The van der Waals surface area contributed by atoms with Crippen molar-refractivity contribution in [3.8, 4) is 0 Å². The van der Waals surface area contributed by atoms with Crippen LogP contribution >= 0.6 is 11.6 Å². The van der Waals surface area contributed by atoms with Crippen LogP contribution in [0.4, 0.5) is 11.4 Å². The molecule has 1 aliphatic heterocycles. The molecule has 0 aliphatic carbocycles. The largest absolute Gasteiger partial charge is 0.323 e. The predicted octanol–water partition coefficient (Wildman–Crippen LogP) is 3.98. The van der Waals surface area contributed by atoms with Gasteiger partial charge in [-0.1, -0.05) is 29.8 Å². The Morgan fingerprint density at radius 3 is 2.57 bits per heavy atom. The first-order valence-electron chi connectivity index (χ1n) is 11.5. The van der Waals surface area contributed by atoms with Crippen molar-refractivity contribution in [2.75, 3.05) is 10.6 Å². The molecule has 3 heterocycles. The Kier molecular flexibility index (Phi) is 6.87. The van der Waals surface area contributed by atoms with Crippen LogP contribution in [0.25, 0.3) is 0 Å². The van der Waals surface area contributed by atoms with Crippen LogP contribution in [0, 0.1) is 0 Å². The van der Waals surface area contributed by atoms with Crippen molar-refractivity contribution in [2.45, 2.75) is 19.0 Å². The zero-order valence-electron chi connectivity index (χ0n) is 19.5. The summed E-state index contributed by atoms with van der Waals surface area (Å²) in [7, 11) is 0. The standard InChI is InChI=1S/C27H21ClN6O3/c28-18-6-9-21-22(13-18)33-26(36)24(14-20-3-1-2-10-30-20)34(27(21)37)16-17-4-7-19(8-5-17)32-25(35)23-15-29-11-12-31-23/h1-13,15,24H,14,16H2,(H,32,35)(H,33,36)/t24-/m1/s1. The first-order valence-corrected chi connectivity index (χ1v) is 11.8. The van der Waals surface area contributed by atoms with Gasteiger partial charge in [-0.05, 0) is 48.0 Å². The highest BCUT2D eigenvalue weighted by molar-refractivity contribution is 6.31. The van der Waals surface area contributed by atoms with E-state index in [1.54, 1.807) is 54.7 Å². The molecule has 10 heteroatoms. The van der Waals surface area contributed by atoms with E-state index in [0.717, 1.165) is 5.56 Å². The molecule has 37 heavy (non-hydrogen) atoms. The number of fused-ring (bicyclic) bond motifs is 1. The summed E-state index contributed by atoms with van der Waals surface area (Å²) in [5.74, 6) is -1.01. The topological polar surface area (TPSA) is 117 Å². The van der Waals surface area contributed by atoms with Crippen LogP contribution in [-0.4, -0.2) is 43.6 Å². The first kappa shape index (κ1) is 24.1. The number of benzene rings is 2. The maximum absolute atomic E-state index is 13.7. The number of amides is 3. The summed E-state index contributed by atoms with van der Waals surface area (Å²) in [6.07, 6.45) is 6.21. The van der Waals surface area contributed by atoms with Gasteiger partial charge in [-0.15, -0.1) is 0 Å². The second kappa shape index (κ2) is 10.5. The number of pyridine rings is 1. The van der Waals surface area contributed by atoms with Crippen LogP contribution in [-0.2, 0) is 17.8 Å². The maximum atomic E-state index is 13.7. The lowest BCUT2D eigenvalue weighted by Crippen LogP contribution is -2.46. The van der Waals surface area contributed by atoms with E-state index in [9.17, 15) is 14.4 Å². The van der Waals surface area contributed by atoms with E-state index < -0.39 is 6.04 Å². The number of carbonyl (C=O) groups excluding carboxylic acids is 3. The molecule has 0 saturated heterocycles. The average molecular weight is 513 g/mol. The highest BCUT2D eigenvalue weighted by atomic mass is 35.5. The number of nitrogens with one attached hydrogen (secondary N) is 2. The minimum atomic E-state index is -0.801. The lowest BCUT2D eigenvalue weighted by atomic mass is 10.1. The third-order valence-corrected chi connectivity index (χ3v) is 6.13. The Labute approximate surface area is 217 Å². The number of rotatable bonds is 6. The summed E-state index contributed by atoms with van der Waals surface area (Å²) < 4.78 is 0. The van der Waals surface area contributed by atoms with Gasteiger partial charge in [-0.25, -0.2) is 4.98 Å². The Hall–Kier alpha value is -4.63. The molecule has 1 aliphatic rings. The molecule has 0 saturated carbocycles. The van der Waals surface area contributed by atoms with Gasteiger partial charge in [-0.3, -0.25) is 24.4 Å². The molecular weight excluding hydrogens is 492 g/mol. The molecule has 2 N–H and O–H groups in total. The van der Waals surface area contributed by atoms with Crippen molar-refractivity contribution in [2.24, 2.45) is 0 Å². The third kappa shape index (κ3) is 5.46. The van der Waals surface area contributed by atoms with Gasteiger partial charge in [0, 0.05) is 48.0 Å². The Morgan fingerprint density at radius 2 is 1.84 bits per heavy atom. The minimum Gasteiger partial charge on any atom is -0.323 e. The molecule has 0 radical (unpaired) electrons. The zero-order chi connectivity index (χ0) is 25.8. The second-order valence-electron chi connectivity index (χ2n) is 8.39. The number of hydrogen-bond donors (Lipinski definition) is 2. The molecule has 2 aromatic heterocycles. The molecule has 1 atom stereocenters.